The van der Waals surface area contributed by atoms with Gasteiger partial charge >= 0.3 is 5.97 Å². The van der Waals surface area contributed by atoms with Gasteiger partial charge in [-0.25, -0.2) is 4.79 Å². The molecule has 0 aliphatic heterocycles. The number of nitrogens with two attached hydrogens (primary N) is 2. The highest BCUT2D eigenvalue weighted by molar-refractivity contribution is 7.85. The summed E-state index contributed by atoms with van der Waals surface area (Å²) in [5.74, 6) is -6.50. The molecule has 1 rings (SSSR count). The number of carbonyl (C=O) groups is 9. The van der Waals surface area contributed by atoms with E-state index in [4.69, 9.17) is 40.4 Å². The van der Waals surface area contributed by atoms with Crippen molar-refractivity contribution in [2.75, 3.05) is 71.7 Å². The molecule has 5 amide bonds. The minimum Gasteiger partial charge on any atom is -0.508 e. The third-order valence-corrected chi connectivity index (χ3v) is 15.9. The molecule has 1 unspecified atom stereocenters. The summed E-state index contributed by atoms with van der Waals surface area (Å²) in [6.45, 7) is 6.81. The number of Topliss-reactive ketones (excluding diaryl/α,β-unsaturated/α-hetero) is 3. The number of carboxylic acids is 1. The molecule has 518 valence electrons. The topological polar surface area (TPSA) is 409 Å². The van der Waals surface area contributed by atoms with Gasteiger partial charge in [0.15, 0.2) is 5.78 Å². The molecule has 0 fully saturated rings. The minimum atomic E-state index is -3.86. The molecule has 1 aromatic rings. The van der Waals surface area contributed by atoms with Gasteiger partial charge in [-0.2, -0.15) is 8.42 Å². The standard InChI is InChI=1S/C64H109N7O18S.2H2/c1-47(2)42-53(74)44-50(61(78)48(3)54(24-16-17-25-57(65)66)63(80)71-56(62(67)79)43-49-27-29-51(72)30-28-49)22-18-19-33-68-60(77)46-89-40-37-86-35-21-23-52(73)45-88-39-38-87-36-34-69-58(75)32-31-55(64(81)82)70-59(76)26-15-13-11-9-7-5-4-6-8-10-12-14-20-41-90(83,84)85;;/h27-30,47-48,50,54-56,72H,4-26,31-46H2,1-3H3,(H3,65,66)(H2,67,79)(H,68,77)(H,69,75)(H,70,76)(H,71,80)(H,81,82)(H,83,84,85);2*1H/t48?,50-,54-,55+,56+;;/m1../s1. The number of aliphatic carboxylic acids is 1. The van der Waals surface area contributed by atoms with Gasteiger partial charge in [0.25, 0.3) is 10.1 Å². The first-order valence-corrected chi connectivity index (χ1v) is 34.1. The fraction of sp³-hybridized carbons (Fsp3) is 0.750. The number of phenols is 1. The lowest BCUT2D eigenvalue weighted by atomic mass is 9.77. The lowest BCUT2D eigenvalue weighted by Gasteiger charge is -2.28. The molecule has 25 nitrogen and oxygen atoms in total. The minimum absolute atomic E-state index is 0. The number of ether oxygens (including phenoxy) is 4. The Hall–Kier alpha value is -5.93. The van der Waals surface area contributed by atoms with Crippen LogP contribution in [0.5, 0.6) is 5.75 Å². The summed E-state index contributed by atoms with van der Waals surface area (Å²) >= 11 is 0. The molecule has 12 N–H and O–H groups in total. The fourth-order valence-electron chi connectivity index (χ4n) is 10.1. The van der Waals surface area contributed by atoms with E-state index in [9.17, 15) is 61.8 Å². The number of benzene rings is 1. The second kappa shape index (κ2) is 50.7. The van der Waals surface area contributed by atoms with Gasteiger partial charge in [0, 0.05) is 85.2 Å². The Kier molecular flexibility index (Phi) is 46.2. The van der Waals surface area contributed by atoms with Crippen molar-refractivity contribution in [3.63, 3.8) is 0 Å². The van der Waals surface area contributed by atoms with E-state index in [2.05, 4.69) is 21.3 Å². The maximum atomic E-state index is 14.3. The summed E-state index contributed by atoms with van der Waals surface area (Å²) in [6.07, 6.45) is 16.5. The number of phenolic OH excluding ortho intramolecular Hbond substituents is 1. The number of hydrogen-bond donors (Lipinski definition) is 10. The van der Waals surface area contributed by atoms with Crippen LogP contribution in [0.25, 0.3) is 0 Å². The van der Waals surface area contributed by atoms with Gasteiger partial charge in [-0.1, -0.05) is 116 Å². The first-order chi connectivity index (χ1) is 42.9. The zero-order valence-corrected chi connectivity index (χ0v) is 54.7. The molecule has 90 heavy (non-hydrogen) atoms. The van der Waals surface area contributed by atoms with Crippen LogP contribution in [0.1, 0.15) is 203 Å². The number of carboxylic acid groups (broad SMARTS) is 1. The molecular formula is C64H113N7O18S. The highest BCUT2D eigenvalue weighted by atomic mass is 32.2. The average molecular weight is 1300 g/mol. The Morgan fingerprint density at radius 1 is 0.556 bits per heavy atom. The van der Waals surface area contributed by atoms with Crippen molar-refractivity contribution in [2.45, 2.75) is 213 Å². The molecule has 26 heteroatoms. The van der Waals surface area contributed by atoms with Gasteiger partial charge in [-0.15, -0.1) is 0 Å². The van der Waals surface area contributed by atoms with Crippen LogP contribution in [-0.4, -0.2) is 166 Å². The Morgan fingerprint density at radius 3 is 1.70 bits per heavy atom. The normalized spacial score (nSPS) is 13.2. The van der Waals surface area contributed by atoms with Crippen molar-refractivity contribution in [1.82, 2.24) is 21.3 Å². The van der Waals surface area contributed by atoms with Crippen LogP contribution < -0.4 is 32.7 Å². The number of nitrogens with one attached hydrogen (secondary N) is 5. The molecule has 0 aromatic heterocycles. The van der Waals surface area contributed by atoms with Crippen LogP contribution in [-0.2, 0) is 78.6 Å². The third-order valence-electron chi connectivity index (χ3n) is 15.1. The highest BCUT2D eigenvalue weighted by Gasteiger charge is 2.36. The quantitative estimate of drug-likeness (QED) is 0.0138. The molecule has 1 aromatic carbocycles. The van der Waals surface area contributed by atoms with E-state index in [1.807, 2.05) is 13.8 Å². The number of amidine groups is 1. The van der Waals surface area contributed by atoms with Crippen LogP contribution in [0.15, 0.2) is 24.3 Å². The van der Waals surface area contributed by atoms with E-state index >= 15 is 0 Å². The number of carbonyl (C=O) groups excluding carboxylic acids is 8. The van der Waals surface area contributed by atoms with Crippen molar-refractivity contribution in [3.8, 4) is 5.75 Å². The number of amides is 5. The van der Waals surface area contributed by atoms with Crippen molar-refractivity contribution < 1.29 is 88.1 Å². The number of unbranched alkanes of at least 4 members (excludes halogenated alkanes) is 14. The molecule has 0 aliphatic rings. The summed E-state index contributed by atoms with van der Waals surface area (Å²) in [6, 6.07) is 3.86. The largest absolute Gasteiger partial charge is 0.508 e. The van der Waals surface area contributed by atoms with Crippen molar-refractivity contribution in [3.05, 3.63) is 29.8 Å². The fourth-order valence-corrected chi connectivity index (χ4v) is 10.6. The lowest BCUT2D eigenvalue weighted by Crippen LogP contribution is -2.49. The van der Waals surface area contributed by atoms with E-state index in [1.54, 1.807) is 19.1 Å². The molecule has 0 aliphatic carbocycles. The second-order valence-electron chi connectivity index (χ2n) is 23.7. The van der Waals surface area contributed by atoms with Crippen LogP contribution in [0.4, 0.5) is 0 Å². The number of hydrogen-bond acceptors (Lipinski definition) is 17. The number of rotatable bonds is 60. The van der Waals surface area contributed by atoms with E-state index < -0.39 is 57.7 Å². The number of primary amides is 1. The van der Waals surface area contributed by atoms with Gasteiger partial charge in [0.2, 0.25) is 29.5 Å². The zero-order valence-electron chi connectivity index (χ0n) is 53.9. The molecular weight excluding hydrogens is 1190 g/mol. The first kappa shape index (κ1) is 82.1. The summed E-state index contributed by atoms with van der Waals surface area (Å²) < 4.78 is 52.0. The predicted molar refractivity (Wildman–Crippen MR) is 345 cm³/mol. The van der Waals surface area contributed by atoms with Gasteiger partial charge in [0.05, 0.1) is 44.6 Å². The van der Waals surface area contributed by atoms with Crippen LogP contribution in [0, 0.1) is 29.1 Å². The Balaban J connectivity index is 0. The second-order valence-corrected chi connectivity index (χ2v) is 25.3. The average Bonchev–Trinajstić information content (AvgIpc) is 1.08. The summed E-state index contributed by atoms with van der Waals surface area (Å²) in [5.41, 5.74) is 11.9. The molecule has 0 bridgehead atoms. The Morgan fingerprint density at radius 2 is 1.11 bits per heavy atom. The predicted octanol–water partition coefficient (Wildman–Crippen LogP) is 6.85. The monoisotopic (exact) mass is 1300 g/mol. The van der Waals surface area contributed by atoms with E-state index in [1.165, 1.54) is 12.1 Å². The summed E-state index contributed by atoms with van der Waals surface area (Å²) in [7, 11) is -3.86. The van der Waals surface area contributed by atoms with Gasteiger partial charge in [-0.05, 0) is 75.0 Å². The first-order valence-electron chi connectivity index (χ1n) is 32.5. The van der Waals surface area contributed by atoms with Crippen LogP contribution in [0.2, 0.25) is 0 Å². The van der Waals surface area contributed by atoms with Gasteiger partial charge < -0.3 is 61.9 Å². The molecule has 5 atom stereocenters. The molecule has 0 radical (unpaired) electrons. The number of aromatic hydroxyl groups is 1. The zero-order chi connectivity index (χ0) is 67.0. The van der Waals surface area contributed by atoms with Crippen LogP contribution >= 0.6 is 0 Å². The highest BCUT2D eigenvalue weighted by Crippen LogP contribution is 2.28. The molecule has 0 saturated heterocycles. The third kappa shape index (κ3) is 45.3. The van der Waals surface area contributed by atoms with Gasteiger partial charge in [-0.3, -0.25) is 48.3 Å². The van der Waals surface area contributed by atoms with Gasteiger partial charge in [0.1, 0.15) is 42.6 Å². The molecule has 0 saturated carbocycles. The molecule has 0 spiro atoms. The Labute approximate surface area is 536 Å². The summed E-state index contributed by atoms with van der Waals surface area (Å²) in [5, 5.41) is 37.6. The van der Waals surface area contributed by atoms with Crippen LogP contribution in [0.3, 0.4) is 0 Å². The Bertz CT molecular complexity index is 2390. The lowest BCUT2D eigenvalue weighted by molar-refractivity contribution is -0.142. The SMILES string of the molecule is CC(C)CC(=O)C[C@@H](CCCCNC(=O)COCCOCCCC(=O)COCCOCCNC(=O)CC[C@H](NC(=O)CCCCCCCCCCCCCCCS(=O)(=O)O)C(=O)O)C(=O)C(C)[C@@H](CCCCC(=N)N)C(=O)N[C@@H](Cc1ccc(O)cc1)C(N)=O.[HH].[HH]. The van der Waals surface area contributed by atoms with Crippen molar-refractivity contribution in [2.24, 2.45) is 35.1 Å². The summed E-state index contributed by atoms with van der Waals surface area (Å²) in [4.78, 5) is 115. The van der Waals surface area contributed by atoms with E-state index in [-0.39, 0.29) is 165 Å². The smallest absolute Gasteiger partial charge is 0.326 e. The number of ketones is 3. The van der Waals surface area contributed by atoms with E-state index in [0.717, 1.165) is 70.6 Å². The maximum absolute atomic E-state index is 14.3. The van der Waals surface area contributed by atoms with Crippen molar-refractivity contribution >= 4 is 68.8 Å². The van der Waals surface area contributed by atoms with Crippen molar-refractivity contribution in [1.29, 1.82) is 5.41 Å². The maximum Gasteiger partial charge on any atom is 0.326 e. The van der Waals surface area contributed by atoms with E-state index in [0.29, 0.717) is 76.5 Å². The molecule has 0 heterocycles.